The summed E-state index contributed by atoms with van der Waals surface area (Å²) in [6.45, 7) is 7.45. The standard InChI is InChI=1S/C16H24N2/c1-4-6-7-14(5-2)12-18-16-9-8-13(3)10-15(16)11-17/h8-10,14,18H,4-7,12H2,1-3H3. The first-order valence-electron chi connectivity index (χ1n) is 6.95. The Labute approximate surface area is 111 Å². The molecule has 0 bridgehead atoms. The first kappa shape index (κ1) is 14.6. The molecule has 1 aromatic rings. The van der Waals surface area contributed by atoms with E-state index in [2.05, 4.69) is 31.3 Å². The zero-order valence-corrected chi connectivity index (χ0v) is 11.8. The Morgan fingerprint density at radius 2 is 2.11 bits per heavy atom. The predicted molar refractivity (Wildman–Crippen MR) is 77.7 cm³/mol. The molecule has 0 aliphatic heterocycles. The van der Waals surface area contributed by atoms with Crippen LogP contribution < -0.4 is 5.32 Å². The van der Waals surface area contributed by atoms with Gasteiger partial charge in [0.15, 0.2) is 0 Å². The number of nitriles is 1. The molecule has 2 heteroatoms. The molecule has 98 valence electrons. The van der Waals surface area contributed by atoms with Crippen molar-refractivity contribution in [3.63, 3.8) is 0 Å². The van der Waals surface area contributed by atoms with Gasteiger partial charge in [-0.25, -0.2) is 0 Å². The van der Waals surface area contributed by atoms with E-state index in [1.165, 1.54) is 25.7 Å². The molecule has 0 saturated heterocycles. The van der Waals surface area contributed by atoms with E-state index in [0.29, 0.717) is 5.92 Å². The van der Waals surface area contributed by atoms with Crippen LogP contribution in [0.1, 0.15) is 50.7 Å². The number of anilines is 1. The maximum absolute atomic E-state index is 9.12. The van der Waals surface area contributed by atoms with Crippen LogP contribution in [0, 0.1) is 24.2 Å². The van der Waals surface area contributed by atoms with E-state index in [4.69, 9.17) is 5.26 Å². The molecule has 0 aliphatic carbocycles. The number of aryl methyl sites for hydroxylation is 1. The molecule has 2 nitrogen and oxygen atoms in total. The molecule has 0 heterocycles. The van der Waals surface area contributed by atoms with Crippen LogP contribution in [-0.4, -0.2) is 6.54 Å². The van der Waals surface area contributed by atoms with Gasteiger partial charge in [0.05, 0.1) is 11.3 Å². The Bertz CT molecular complexity index is 404. The van der Waals surface area contributed by atoms with Crippen molar-refractivity contribution in [2.24, 2.45) is 5.92 Å². The first-order valence-corrected chi connectivity index (χ1v) is 6.95. The van der Waals surface area contributed by atoms with Gasteiger partial charge in [0, 0.05) is 6.54 Å². The number of hydrogen-bond donors (Lipinski definition) is 1. The molecule has 0 aromatic heterocycles. The van der Waals surface area contributed by atoms with Crippen LogP contribution in [0.3, 0.4) is 0 Å². The van der Waals surface area contributed by atoms with Gasteiger partial charge in [-0.2, -0.15) is 5.26 Å². The highest BCUT2D eigenvalue weighted by molar-refractivity contribution is 5.58. The second-order valence-corrected chi connectivity index (χ2v) is 4.96. The van der Waals surface area contributed by atoms with Gasteiger partial charge < -0.3 is 5.32 Å². The van der Waals surface area contributed by atoms with Crippen LogP contribution in [0.5, 0.6) is 0 Å². The SMILES string of the molecule is CCCCC(CC)CNc1ccc(C)cc1C#N. The Balaban J connectivity index is 2.59. The topological polar surface area (TPSA) is 35.8 Å². The number of benzene rings is 1. The molecular formula is C16H24N2. The van der Waals surface area contributed by atoms with Crippen molar-refractivity contribution in [3.8, 4) is 6.07 Å². The summed E-state index contributed by atoms with van der Waals surface area (Å²) >= 11 is 0. The van der Waals surface area contributed by atoms with E-state index in [9.17, 15) is 0 Å². The summed E-state index contributed by atoms with van der Waals surface area (Å²) in [5.74, 6) is 0.706. The fraction of sp³-hybridized carbons (Fsp3) is 0.562. The quantitative estimate of drug-likeness (QED) is 0.766. The third-order valence-corrected chi connectivity index (χ3v) is 3.42. The minimum Gasteiger partial charge on any atom is -0.384 e. The highest BCUT2D eigenvalue weighted by atomic mass is 14.9. The summed E-state index contributed by atoms with van der Waals surface area (Å²) in [5, 5.41) is 12.5. The van der Waals surface area contributed by atoms with Gasteiger partial charge in [-0.05, 0) is 37.0 Å². The monoisotopic (exact) mass is 244 g/mol. The van der Waals surface area contributed by atoms with Crippen molar-refractivity contribution < 1.29 is 0 Å². The van der Waals surface area contributed by atoms with E-state index in [1.54, 1.807) is 0 Å². The highest BCUT2D eigenvalue weighted by Crippen LogP contribution is 2.19. The van der Waals surface area contributed by atoms with Gasteiger partial charge in [0.2, 0.25) is 0 Å². The van der Waals surface area contributed by atoms with E-state index in [0.717, 1.165) is 23.4 Å². The van der Waals surface area contributed by atoms with Gasteiger partial charge in [-0.3, -0.25) is 0 Å². The van der Waals surface area contributed by atoms with Crippen LogP contribution >= 0.6 is 0 Å². The summed E-state index contributed by atoms with van der Waals surface area (Å²) in [4.78, 5) is 0. The minimum absolute atomic E-state index is 0.706. The number of rotatable bonds is 7. The molecule has 0 saturated carbocycles. The Morgan fingerprint density at radius 3 is 2.72 bits per heavy atom. The van der Waals surface area contributed by atoms with Crippen molar-refractivity contribution in [1.29, 1.82) is 5.26 Å². The molecule has 0 radical (unpaired) electrons. The third-order valence-electron chi connectivity index (χ3n) is 3.42. The molecule has 1 unspecified atom stereocenters. The summed E-state index contributed by atoms with van der Waals surface area (Å²) in [6.07, 6.45) is 5.01. The van der Waals surface area contributed by atoms with Gasteiger partial charge in [-0.15, -0.1) is 0 Å². The number of nitrogens with one attached hydrogen (secondary N) is 1. The van der Waals surface area contributed by atoms with Crippen LogP contribution in [-0.2, 0) is 0 Å². The first-order chi connectivity index (χ1) is 8.71. The van der Waals surface area contributed by atoms with Crippen molar-refractivity contribution in [2.45, 2.75) is 46.5 Å². The number of unbranched alkanes of at least 4 members (excludes halogenated alkanes) is 1. The summed E-state index contributed by atoms with van der Waals surface area (Å²) in [7, 11) is 0. The molecule has 0 spiro atoms. The van der Waals surface area contributed by atoms with Crippen molar-refractivity contribution in [1.82, 2.24) is 0 Å². The summed E-state index contributed by atoms with van der Waals surface area (Å²) < 4.78 is 0. The smallest absolute Gasteiger partial charge is 0.101 e. The molecule has 18 heavy (non-hydrogen) atoms. The zero-order valence-electron chi connectivity index (χ0n) is 11.8. The average Bonchev–Trinajstić information content (AvgIpc) is 2.40. The molecule has 0 aliphatic rings. The fourth-order valence-corrected chi connectivity index (χ4v) is 2.10. The number of hydrogen-bond acceptors (Lipinski definition) is 2. The minimum atomic E-state index is 0.706. The van der Waals surface area contributed by atoms with Crippen LogP contribution in [0.25, 0.3) is 0 Å². The lowest BCUT2D eigenvalue weighted by Crippen LogP contribution is -2.14. The lowest BCUT2D eigenvalue weighted by Gasteiger charge is -2.17. The van der Waals surface area contributed by atoms with Crippen LogP contribution in [0.15, 0.2) is 18.2 Å². The normalized spacial score (nSPS) is 11.9. The van der Waals surface area contributed by atoms with E-state index < -0.39 is 0 Å². The predicted octanol–water partition coefficient (Wildman–Crippen LogP) is 4.50. The third kappa shape index (κ3) is 4.41. The van der Waals surface area contributed by atoms with Gasteiger partial charge >= 0.3 is 0 Å². The number of nitrogens with zero attached hydrogens (tertiary/aromatic N) is 1. The van der Waals surface area contributed by atoms with Crippen LogP contribution in [0.2, 0.25) is 0 Å². The van der Waals surface area contributed by atoms with E-state index in [1.807, 2.05) is 19.1 Å². The van der Waals surface area contributed by atoms with Crippen LogP contribution in [0.4, 0.5) is 5.69 Å². The molecule has 1 N–H and O–H groups in total. The second-order valence-electron chi connectivity index (χ2n) is 4.96. The molecule has 1 atom stereocenters. The van der Waals surface area contributed by atoms with Crippen molar-refractivity contribution >= 4 is 5.69 Å². The summed E-state index contributed by atoms with van der Waals surface area (Å²) in [5.41, 5.74) is 2.86. The molecular weight excluding hydrogens is 220 g/mol. The zero-order chi connectivity index (χ0) is 13.4. The lowest BCUT2D eigenvalue weighted by atomic mass is 9.99. The average molecular weight is 244 g/mol. The Morgan fingerprint density at radius 1 is 1.33 bits per heavy atom. The highest BCUT2D eigenvalue weighted by Gasteiger charge is 2.07. The van der Waals surface area contributed by atoms with Gasteiger partial charge in [0.25, 0.3) is 0 Å². The molecule has 1 aromatic carbocycles. The van der Waals surface area contributed by atoms with Gasteiger partial charge in [-0.1, -0.05) is 39.2 Å². The van der Waals surface area contributed by atoms with E-state index >= 15 is 0 Å². The fourth-order valence-electron chi connectivity index (χ4n) is 2.10. The Kier molecular flexibility index (Phi) is 6.28. The molecule has 0 amide bonds. The largest absolute Gasteiger partial charge is 0.384 e. The van der Waals surface area contributed by atoms with Crippen molar-refractivity contribution in [2.75, 3.05) is 11.9 Å². The van der Waals surface area contributed by atoms with Crippen molar-refractivity contribution in [3.05, 3.63) is 29.3 Å². The Hall–Kier alpha value is -1.49. The maximum Gasteiger partial charge on any atom is 0.101 e. The van der Waals surface area contributed by atoms with E-state index in [-0.39, 0.29) is 0 Å². The molecule has 0 fully saturated rings. The van der Waals surface area contributed by atoms with Gasteiger partial charge in [0.1, 0.15) is 6.07 Å². The maximum atomic E-state index is 9.12. The second kappa shape index (κ2) is 7.76. The lowest BCUT2D eigenvalue weighted by molar-refractivity contribution is 0.473. The summed E-state index contributed by atoms with van der Waals surface area (Å²) in [6, 6.07) is 8.26. The molecule has 1 rings (SSSR count).